The number of H-pyrrole nitrogens is 1. The van der Waals surface area contributed by atoms with Gasteiger partial charge in [-0.3, -0.25) is 4.79 Å². The molecule has 3 saturated heterocycles. The van der Waals surface area contributed by atoms with Crippen molar-refractivity contribution in [3.63, 3.8) is 0 Å². The lowest BCUT2D eigenvalue weighted by molar-refractivity contribution is 0.0620. The Morgan fingerprint density at radius 1 is 1.17 bits per heavy atom. The summed E-state index contributed by atoms with van der Waals surface area (Å²) < 4.78 is 5.65. The summed E-state index contributed by atoms with van der Waals surface area (Å²) in [6.45, 7) is 3.32. The first-order chi connectivity index (χ1) is 11.7. The van der Waals surface area contributed by atoms with E-state index in [-0.39, 0.29) is 11.9 Å². The van der Waals surface area contributed by atoms with Crippen molar-refractivity contribution in [1.82, 2.24) is 15.2 Å². The van der Waals surface area contributed by atoms with E-state index in [0.717, 1.165) is 6.54 Å². The minimum absolute atomic E-state index is 0.0109. The Hall–Kier alpha value is -1.98. The number of ether oxygens (including phenoxy) is 1. The summed E-state index contributed by atoms with van der Waals surface area (Å²) in [5.41, 5.74) is 0.656. The Balaban J connectivity index is 1.38. The van der Waals surface area contributed by atoms with Crippen LogP contribution in [0.2, 0.25) is 5.15 Å². The largest absolute Gasteiger partial charge is 0.441 e. The molecule has 0 saturated carbocycles. The number of carbonyl (C=O) groups excluding carboxylic acids is 1. The number of rotatable bonds is 4. The molecule has 0 aliphatic carbocycles. The number of aromatic amines is 1. The average Bonchev–Trinajstić information content (AvgIpc) is 3.01. The van der Waals surface area contributed by atoms with Crippen LogP contribution in [0.4, 0.5) is 0 Å². The summed E-state index contributed by atoms with van der Waals surface area (Å²) in [5, 5.41) is 3.72. The molecule has 0 radical (unpaired) electrons. The first-order valence-electron chi connectivity index (χ1n) is 8.33. The number of carbonyl (C=O) groups is 1. The number of amides is 1. The Kier molecular flexibility index (Phi) is 4.21. The van der Waals surface area contributed by atoms with Crippen molar-refractivity contribution in [1.29, 1.82) is 0 Å². The Labute approximate surface area is 145 Å². The van der Waals surface area contributed by atoms with E-state index in [4.69, 9.17) is 16.3 Å². The minimum Gasteiger partial charge on any atom is -0.441 e. The summed E-state index contributed by atoms with van der Waals surface area (Å²) in [6, 6.07) is 10.9. The molecule has 4 heterocycles. The van der Waals surface area contributed by atoms with Crippen molar-refractivity contribution >= 4 is 17.5 Å². The molecule has 1 amide bonds. The zero-order valence-corrected chi connectivity index (χ0v) is 14.1. The van der Waals surface area contributed by atoms with Crippen LogP contribution in [0.3, 0.4) is 0 Å². The molecule has 3 fully saturated rings. The van der Waals surface area contributed by atoms with Crippen molar-refractivity contribution < 1.29 is 9.53 Å². The predicted octanol–water partition coefficient (Wildman–Crippen LogP) is 3.28. The zero-order chi connectivity index (χ0) is 16.5. The summed E-state index contributed by atoms with van der Waals surface area (Å²) >= 11 is 5.82. The Bertz CT molecular complexity index is 720. The molecule has 1 aromatic heterocycles. The SMILES string of the molecule is O=C(NC1CN2CCC1CC2)c1ccc(Oc2ccc(Cl)[nH]2)cc1. The van der Waals surface area contributed by atoms with E-state index in [1.807, 2.05) is 0 Å². The van der Waals surface area contributed by atoms with Crippen molar-refractivity contribution in [3.8, 4) is 11.6 Å². The highest BCUT2D eigenvalue weighted by Gasteiger charge is 2.34. The number of fused-ring (bicyclic) bond motifs is 3. The highest BCUT2D eigenvalue weighted by molar-refractivity contribution is 6.29. The number of hydrogen-bond acceptors (Lipinski definition) is 3. The number of aromatic nitrogens is 1. The number of piperidine rings is 3. The topological polar surface area (TPSA) is 57.4 Å². The van der Waals surface area contributed by atoms with Gasteiger partial charge in [0.15, 0.2) is 5.88 Å². The van der Waals surface area contributed by atoms with Gasteiger partial charge in [0.25, 0.3) is 5.91 Å². The molecule has 2 bridgehead atoms. The number of halogens is 1. The number of benzene rings is 1. The number of nitrogens with zero attached hydrogens (tertiary/aromatic N) is 1. The van der Waals surface area contributed by atoms with E-state index in [1.165, 1.54) is 25.9 Å². The molecule has 5 rings (SSSR count). The van der Waals surface area contributed by atoms with E-state index in [9.17, 15) is 4.79 Å². The third-order valence-corrected chi connectivity index (χ3v) is 5.16. The molecule has 3 aliphatic rings. The molecule has 1 unspecified atom stereocenters. The lowest BCUT2D eigenvalue weighted by Gasteiger charge is -2.44. The molecule has 2 aromatic rings. The molecule has 1 aromatic carbocycles. The molecular weight excluding hydrogens is 326 g/mol. The molecule has 2 N–H and O–H groups in total. The van der Waals surface area contributed by atoms with Crippen LogP contribution in [0.25, 0.3) is 0 Å². The van der Waals surface area contributed by atoms with Gasteiger partial charge < -0.3 is 19.9 Å². The third-order valence-electron chi connectivity index (χ3n) is 4.94. The van der Waals surface area contributed by atoms with Crippen molar-refractivity contribution in [2.75, 3.05) is 19.6 Å². The molecule has 5 nitrogen and oxygen atoms in total. The maximum atomic E-state index is 12.5. The van der Waals surface area contributed by atoms with Crippen LogP contribution in [0.5, 0.6) is 11.6 Å². The van der Waals surface area contributed by atoms with Crippen LogP contribution < -0.4 is 10.1 Å². The molecule has 3 aliphatic heterocycles. The second kappa shape index (κ2) is 6.49. The first-order valence-corrected chi connectivity index (χ1v) is 8.71. The van der Waals surface area contributed by atoms with Gasteiger partial charge >= 0.3 is 0 Å². The quantitative estimate of drug-likeness (QED) is 0.894. The van der Waals surface area contributed by atoms with E-state index >= 15 is 0 Å². The van der Waals surface area contributed by atoms with Gasteiger partial charge in [-0.25, -0.2) is 0 Å². The lowest BCUT2D eigenvalue weighted by Crippen LogP contribution is -2.57. The van der Waals surface area contributed by atoms with E-state index in [2.05, 4.69) is 15.2 Å². The van der Waals surface area contributed by atoms with Crippen LogP contribution >= 0.6 is 11.6 Å². The number of nitrogens with one attached hydrogen (secondary N) is 2. The van der Waals surface area contributed by atoms with Gasteiger partial charge in [-0.1, -0.05) is 11.6 Å². The fraction of sp³-hybridized carbons (Fsp3) is 0.389. The van der Waals surface area contributed by atoms with Crippen molar-refractivity contribution in [2.45, 2.75) is 18.9 Å². The maximum Gasteiger partial charge on any atom is 0.251 e. The van der Waals surface area contributed by atoms with Gasteiger partial charge in [0, 0.05) is 24.2 Å². The minimum atomic E-state index is -0.0109. The second-order valence-electron chi connectivity index (χ2n) is 6.51. The van der Waals surface area contributed by atoms with E-state index in [1.54, 1.807) is 36.4 Å². The van der Waals surface area contributed by atoms with Crippen molar-refractivity contribution in [3.05, 3.63) is 47.1 Å². The van der Waals surface area contributed by atoms with Gasteiger partial charge in [-0.05, 0) is 62.2 Å². The van der Waals surface area contributed by atoms with E-state index < -0.39 is 0 Å². The van der Waals surface area contributed by atoms with Gasteiger partial charge in [0.2, 0.25) is 0 Å². The highest BCUT2D eigenvalue weighted by Crippen LogP contribution is 2.28. The van der Waals surface area contributed by atoms with Crippen LogP contribution in [-0.2, 0) is 0 Å². The number of hydrogen-bond donors (Lipinski definition) is 2. The lowest BCUT2D eigenvalue weighted by atomic mass is 9.84. The molecular formula is C18H20ClN3O2. The van der Waals surface area contributed by atoms with Crippen LogP contribution in [-0.4, -0.2) is 41.5 Å². The van der Waals surface area contributed by atoms with Crippen LogP contribution in [0, 0.1) is 5.92 Å². The standard InChI is InChI=1S/C18H20ClN3O2/c19-16-5-6-17(21-16)24-14-3-1-13(2-4-14)18(23)20-15-11-22-9-7-12(15)8-10-22/h1-6,12,15,21H,7-11H2,(H,20,23). The van der Waals surface area contributed by atoms with Crippen molar-refractivity contribution in [2.24, 2.45) is 5.92 Å². The third kappa shape index (κ3) is 3.28. The smallest absolute Gasteiger partial charge is 0.251 e. The second-order valence-corrected chi connectivity index (χ2v) is 6.92. The van der Waals surface area contributed by atoms with Crippen LogP contribution in [0.15, 0.2) is 36.4 Å². The summed E-state index contributed by atoms with van der Waals surface area (Å²) in [6.07, 6.45) is 2.38. The normalized spacial score (nSPS) is 25.5. The molecule has 126 valence electrons. The molecule has 0 spiro atoms. The van der Waals surface area contributed by atoms with E-state index in [0.29, 0.717) is 28.3 Å². The average molecular weight is 346 g/mol. The molecule has 1 atom stereocenters. The Morgan fingerprint density at radius 2 is 1.92 bits per heavy atom. The summed E-state index contributed by atoms with van der Waals surface area (Å²) in [7, 11) is 0. The highest BCUT2D eigenvalue weighted by atomic mass is 35.5. The Morgan fingerprint density at radius 3 is 2.50 bits per heavy atom. The fourth-order valence-corrected chi connectivity index (χ4v) is 3.75. The van der Waals surface area contributed by atoms with Gasteiger partial charge in [-0.15, -0.1) is 0 Å². The molecule has 6 heteroatoms. The van der Waals surface area contributed by atoms with Gasteiger partial charge in [0.05, 0.1) is 0 Å². The van der Waals surface area contributed by atoms with Gasteiger partial charge in [0.1, 0.15) is 10.9 Å². The summed E-state index contributed by atoms with van der Waals surface area (Å²) in [5.74, 6) is 1.85. The first kappa shape index (κ1) is 15.5. The summed E-state index contributed by atoms with van der Waals surface area (Å²) in [4.78, 5) is 17.8. The van der Waals surface area contributed by atoms with Gasteiger partial charge in [-0.2, -0.15) is 0 Å². The maximum absolute atomic E-state index is 12.5. The predicted molar refractivity (Wildman–Crippen MR) is 92.7 cm³/mol. The fourth-order valence-electron chi connectivity index (χ4n) is 3.59. The van der Waals surface area contributed by atoms with Crippen LogP contribution in [0.1, 0.15) is 23.2 Å². The zero-order valence-electron chi connectivity index (χ0n) is 13.3. The molecule has 24 heavy (non-hydrogen) atoms. The monoisotopic (exact) mass is 345 g/mol.